The second kappa shape index (κ2) is 13.4. The summed E-state index contributed by atoms with van der Waals surface area (Å²) in [6, 6.07) is 0. The van der Waals surface area contributed by atoms with Gasteiger partial charge >= 0.3 is 5.97 Å². The van der Waals surface area contributed by atoms with Gasteiger partial charge in [-0.05, 0) is 19.8 Å². The molecule has 15 heavy (non-hydrogen) atoms. The lowest BCUT2D eigenvalue weighted by molar-refractivity contribution is -0.137. The largest absolute Gasteiger partial charge is 0.481 e. The van der Waals surface area contributed by atoms with Crippen molar-refractivity contribution >= 4 is 5.97 Å². The molecule has 0 bridgehead atoms. The van der Waals surface area contributed by atoms with E-state index in [-0.39, 0.29) is 6.10 Å². The number of hydrogen-bond acceptors (Lipinski definition) is 2. The van der Waals surface area contributed by atoms with Gasteiger partial charge in [-0.2, -0.15) is 0 Å². The van der Waals surface area contributed by atoms with E-state index in [1.807, 2.05) is 13.8 Å². The van der Waals surface area contributed by atoms with Crippen LogP contribution in [0.1, 0.15) is 65.7 Å². The molecule has 0 saturated carbocycles. The summed E-state index contributed by atoms with van der Waals surface area (Å²) in [5, 5.41) is 16.8. The number of hydrogen-bond donors (Lipinski definition) is 2. The van der Waals surface area contributed by atoms with E-state index >= 15 is 0 Å². The third-order valence-corrected chi connectivity index (χ3v) is 1.94. The van der Waals surface area contributed by atoms with Crippen LogP contribution in [-0.2, 0) is 4.79 Å². The molecule has 0 aliphatic rings. The lowest BCUT2D eigenvalue weighted by Gasteiger charge is -2.01. The number of unbranched alkanes of at least 4 members (excludes halogenated alkanes) is 3. The number of aliphatic hydroxyl groups is 1. The molecule has 1 unspecified atom stereocenters. The van der Waals surface area contributed by atoms with Crippen LogP contribution in [0.4, 0.5) is 0 Å². The Labute approximate surface area is 93.5 Å². The molecule has 0 radical (unpaired) electrons. The Bertz CT molecular complexity index is 133. The van der Waals surface area contributed by atoms with Crippen molar-refractivity contribution in [3.05, 3.63) is 0 Å². The molecule has 0 aromatic heterocycles. The molecule has 0 aromatic carbocycles. The Hall–Kier alpha value is -0.570. The molecule has 2 N–H and O–H groups in total. The SMILES string of the molecule is CCCC(=O)O.CCCCCCC(C)O. The first-order valence-electron chi connectivity index (χ1n) is 5.94. The van der Waals surface area contributed by atoms with E-state index in [1.165, 1.54) is 25.7 Å². The first-order valence-corrected chi connectivity index (χ1v) is 5.94. The summed E-state index contributed by atoms with van der Waals surface area (Å²) >= 11 is 0. The fourth-order valence-corrected chi connectivity index (χ4v) is 1.08. The van der Waals surface area contributed by atoms with E-state index in [9.17, 15) is 4.79 Å². The Morgan fingerprint density at radius 1 is 1.13 bits per heavy atom. The molecule has 1 atom stereocenters. The van der Waals surface area contributed by atoms with Crippen LogP contribution in [-0.4, -0.2) is 22.3 Å². The van der Waals surface area contributed by atoms with Crippen molar-refractivity contribution in [2.75, 3.05) is 0 Å². The molecular formula is C12H26O3. The van der Waals surface area contributed by atoms with Crippen molar-refractivity contribution < 1.29 is 15.0 Å². The molecule has 3 nitrogen and oxygen atoms in total. The summed E-state index contributed by atoms with van der Waals surface area (Å²) in [4.78, 5) is 9.60. The van der Waals surface area contributed by atoms with E-state index in [1.54, 1.807) is 0 Å². The van der Waals surface area contributed by atoms with Gasteiger partial charge in [-0.1, -0.05) is 39.5 Å². The van der Waals surface area contributed by atoms with Crippen LogP contribution in [0.25, 0.3) is 0 Å². The summed E-state index contributed by atoms with van der Waals surface area (Å²) in [5.74, 6) is -0.711. The van der Waals surface area contributed by atoms with Crippen molar-refractivity contribution in [2.45, 2.75) is 71.8 Å². The molecule has 0 spiro atoms. The number of carboxylic acids is 1. The fourth-order valence-electron chi connectivity index (χ4n) is 1.08. The van der Waals surface area contributed by atoms with E-state index < -0.39 is 5.97 Å². The molecule has 92 valence electrons. The first-order chi connectivity index (χ1) is 7.04. The maximum absolute atomic E-state index is 9.60. The molecule has 0 amide bonds. The zero-order valence-corrected chi connectivity index (χ0v) is 10.3. The quantitative estimate of drug-likeness (QED) is 0.645. The van der Waals surface area contributed by atoms with E-state index in [4.69, 9.17) is 10.2 Å². The molecule has 0 saturated heterocycles. The highest BCUT2D eigenvalue weighted by atomic mass is 16.4. The van der Waals surface area contributed by atoms with Crippen molar-refractivity contribution in [3.8, 4) is 0 Å². The van der Waals surface area contributed by atoms with Crippen LogP contribution in [0.2, 0.25) is 0 Å². The predicted octanol–water partition coefficient (Wildman–Crippen LogP) is 3.21. The first kappa shape index (κ1) is 16.8. The number of rotatable bonds is 7. The number of aliphatic carboxylic acids is 1. The number of carbonyl (C=O) groups is 1. The van der Waals surface area contributed by atoms with Gasteiger partial charge in [0, 0.05) is 6.42 Å². The van der Waals surface area contributed by atoms with Crippen molar-refractivity contribution in [3.63, 3.8) is 0 Å². The van der Waals surface area contributed by atoms with Gasteiger partial charge in [0.25, 0.3) is 0 Å². The summed E-state index contributed by atoms with van der Waals surface area (Å²) in [5.41, 5.74) is 0. The average Bonchev–Trinajstić information content (AvgIpc) is 2.13. The summed E-state index contributed by atoms with van der Waals surface area (Å²) in [6.07, 6.45) is 6.95. The van der Waals surface area contributed by atoms with Crippen LogP contribution >= 0.6 is 0 Å². The van der Waals surface area contributed by atoms with Crippen molar-refractivity contribution in [2.24, 2.45) is 0 Å². The van der Waals surface area contributed by atoms with Gasteiger partial charge in [-0.25, -0.2) is 0 Å². The monoisotopic (exact) mass is 218 g/mol. The van der Waals surface area contributed by atoms with E-state index in [0.717, 1.165) is 12.8 Å². The van der Waals surface area contributed by atoms with Gasteiger partial charge in [0.2, 0.25) is 0 Å². The Morgan fingerprint density at radius 3 is 2.00 bits per heavy atom. The molecule has 0 rings (SSSR count). The topological polar surface area (TPSA) is 57.5 Å². The summed E-state index contributed by atoms with van der Waals surface area (Å²) < 4.78 is 0. The lowest BCUT2D eigenvalue weighted by atomic mass is 10.1. The van der Waals surface area contributed by atoms with Gasteiger partial charge in [0.1, 0.15) is 0 Å². The fraction of sp³-hybridized carbons (Fsp3) is 0.917. The van der Waals surface area contributed by atoms with Crippen LogP contribution in [0.15, 0.2) is 0 Å². The van der Waals surface area contributed by atoms with Crippen molar-refractivity contribution in [1.29, 1.82) is 0 Å². The minimum Gasteiger partial charge on any atom is -0.481 e. The second-order valence-corrected chi connectivity index (χ2v) is 3.84. The minimum absolute atomic E-state index is 0.0955. The highest BCUT2D eigenvalue weighted by Gasteiger charge is 1.93. The van der Waals surface area contributed by atoms with Crippen molar-refractivity contribution in [1.82, 2.24) is 0 Å². The number of carboxylic acid groups (broad SMARTS) is 1. The molecule has 0 fully saturated rings. The minimum atomic E-state index is -0.711. The van der Waals surface area contributed by atoms with Gasteiger partial charge in [-0.15, -0.1) is 0 Å². The van der Waals surface area contributed by atoms with Crippen LogP contribution < -0.4 is 0 Å². The highest BCUT2D eigenvalue weighted by Crippen LogP contribution is 2.04. The highest BCUT2D eigenvalue weighted by molar-refractivity contribution is 5.66. The Balaban J connectivity index is 0. The third kappa shape index (κ3) is 24.7. The van der Waals surface area contributed by atoms with E-state index in [2.05, 4.69) is 6.92 Å². The number of aliphatic hydroxyl groups excluding tert-OH is 1. The van der Waals surface area contributed by atoms with Gasteiger partial charge in [-0.3, -0.25) is 4.79 Å². The molecule has 0 aliphatic carbocycles. The average molecular weight is 218 g/mol. The molecule has 0 heterocycles. The Morgan fingerprint density at radius 2 is 1.73 bits per heavy atom. The van der Waals surface area contributed by atoms with Gasteiger partial charge < -0.3 is 10.2 Å². The van der Waals surface area contributed by atoms with Crippen LogP contribution in [0.5, 0.6) is 0 Å². The molecule has 3 heteroatoms. The zero-order valence-electron chi connectivity index (χ0n) is 10.3. The van der Waals surface area contributed by atoms with Gasteiger partial charge in [0.05, 0.1) is 6.10 Å². The third-order valence-electron chi connectivity index (χ3n) is 1.94. The molecule has 0 aromatic rings. The van der Waals surface area contributed by atoms with Crippen LogP contribution in [0, 0.1) is 0 Å². The maximum atomic E-state index is 9.60. The normalized spacial score (nSPS) is 11.5. The lowest BCUT2D eigenvalue weighted by Crippen LogP contribution is -1.97. The zero-order chi connectivity index (χ0) is 12.1. The maximum Gasteiger partial charge on any atom is 0.303 e. The molecular weight excluding hydrogens is 192 g/mol. The predicted molar refractivity (Wildman–Crippen MR) is 63.0 cm³/mol. The second-order valence-electron chi connectivity index (χ2n) is 3.84. The summed E-state index contributed by atoms with van der Waals surface area (Å²) in [6.45, 7) is 5.89. The van der Waals surface area contributed by atoms with Crippen LogP contribution in [0.3, 0.4) is 0 Å². The Kier molecular flexibility index (Phi) is 15.1. The smallest absolute Gasteiger partial charge is 0.303 e. The van der Waals surface area contributed by atoms with Gasteiger partial charge in [0.15, 0.2) is 0 Å². The van der Waals surface area contributed by atoms with E-state index in [0.29, 0.717) is 6.42 Å². The summed E-state index contributed by atoms with van der Waals surface area (Å²) in [7, 11) is 0. The standard InChI is InChI=1S/C8H18O.C4H8O2/c1-3-4-5-6-7-8(2)9;1-2-3-4(5)6/h8-9H,3-7H2,1-2H3;2-3H2,1H3,(H,5,6). The molecule has 0 aliphatic heterocycles.